The van der Waals surface area contributed by atoms with Crippen molar-refractivity contribution in [3.63, 3.8) is 0 Å². The molecule has 4 rings (SSSR count). The van der Waals surface area contributed by atoms with E-state index >= 15 is 0 Å². The SMILES string of the molecule is C[C@]12C=CC(=NOCC(=O)O)C=C1CC[C@@H]1[C@H]2CC[C@@]2(C)[C@H]1CC[C@]2(C)O. The second-order valence-corrected chi connectivity index (χ2v) is 9.65. The van der Waals surface area contributed by atoms with E-state index in [0.29, 0.717) is 23.5 Å². The van der Waals surface area contributed by atoms with Crippen LogP contribution in [0.2, 0.25) is 0 Å². The van der Waals surface area contributed by atoms with E-state index in [2.05, 4.69) is 31.2 Å². The third kappa shape index (κ3) is 2.77. The molecule has 0 bridgehead atoms. The first-order chi connectivity index (χ1) is 12.7. The predicted molar refractivity (Wildman–Crippen MR) is 103 cm³/mol. The van der Waals surface area contributed by atoms with Gasteiger partial charge in [0.2, 0.25) is 6.61 Å². The van der Waals surface area contributed by atoms with Gasteiger partial charge in [0, 0.05) is 5.41 Å². The van der Waals surface area contributed by atoms with Gasteiger partial charge in [-0.25, -0.2) is 4.79 Å². The zero-order valence-electron chi connectivity index (χ0n) is 16.6. The number of carboxylic acids is 1. The van der Waals surface area contributed by atoms with Gasteiger partial charge < -0.3 is 15.1 Å². The fraction of sp³-hybridized carbons (Fsp3) is 0.727. The van der Waals surface area contributed by atoms with Gasteiger partial charge in [0.25, 0.3) is 0 Å². The molecule has 4 aliphatic carbocycles. The Bertz CT molecular complexity index is 737. The molecule has 0 heterocycles. The van der Waals surface area contributed by atoms with E-state index in [1.54, 1.807) is 0 Å². The van der Waals surface area contributed by atoms with Gasteiger partial charge in [-0.05, 0) is 80.8 Å². The minimum absolute atomic E-state index is 0.0323. The molecule has 2 N–H and O–H groups in total. The smallest absolute Gasteiger partial charge is 0.344 e. The molecule has 0 spiro atoms. The zero-order chi connectivity index (χ0) is 19.4. The Labute approximate surface area is 161 Å². The minimum Gasteiger partial charge on any atom is -0.479 e. The van der Waals surface area contributed by atoms with Crippen LogP contribution in [0.3, 0.4) is 0 Å². The summed E-state index contributed by atoms with van der Waals surface area (Å²) in [6.45, 7) is 6.29. The highest BCUT2D eigenvalue weighted by molar-refractivity contribution is 6.05. The van der Waals surface area contributed by atoms with E-state index in [-0.39, 0.29) is 10.8 Å². The molecule has 0 amide bonds. The lowest BCUT2D eigenvalue weighted by Gasteiger charge is -2.58. The number of carboxylic acid groups (broad SMARTS) is 1. The number of fused-ring (bicyclic) bond motifs is 5. The van der Waals surface area contributed by atoms with Crippen molar-refractivity contribution < 1.29 is 19.8 Å². The maximum atomic E-state index is 11.0. The van der Waals surface area contributed by atoms with Gasteiger partial charge in [-0.3, -0.25) is 0 Å². The maximum Gasteiger partial charge on any atom is 0.344 e. The first kappa shape index (κ1) is 18.7. The summed E-state index contributed by atoms with van der Waals surface area (Å²) in [7, 11) is 0. The molecule has 5 nitrogen and oxygen atoms in total. The monoisotopic (exact) mass is 373 g/mol. The molecule has 6 atom stereocenters. The van der Waals surface area contributed by atoms with E-state index < -0.39 is 18.2 Å². The Kier molecular flexibility index (Phi) is 4.30. The molecule has 0 saturated heterocycles. The van der Waals surface area contributed by atoms with Crippen molar-refractivity contribution in [1.82, 2.24) is 0 Å². The highest BCUT2D eigenvalue weighted by atomic mass is 16.6. The summed E-state index contributed by atoms with van der Waals surface area (Å²) in [6.07, 6.45) is 12.8. The molecule has 0 aromatic rings. The number of aliphatic carboxylic acids is 1. The summed E-state index contributed by atoms with van der Waals surface area (Å²) >= 11 is 0. The third-order valence-corrected chi connectivity index (χ3v) is 8.49. The number of aliphatic hydroxyl groups is 1. The van der Waals surface area contributed by atoms with Crippen molar-refractivity contribution >= 4 is 11.7 Å². The van der Waals surface area contributed by atoms with Crippen molar-refractivity contribution in [2.24, 2.45) is 33.7 Å². The van der Waals surface area contributed by atoms with Gasteiger partial charge in [-0.2, -0.15) is 0 Å². The molecule has 148 valence electrons. The van der Waals surface area contributed by atoms with Crippen molar-refractivity contribution in [2.75, 3.05) is 6.61 Å². The van der Waals surface area contributed by atoms with Crippen LogP contribution in [0.1, 0.15) is 59.3 Å². The summed E-state index contributed by atoms with van der Waals surface area (Å²) < 4.78 is 0. The minimum atomic E-state index is -1.02. The molecule has 0 aromatic carbocycles. The fourth-order valence-corrected chi connectivity index (χ4v) is 6.67. The van der Waals surface area contributed by atoms with Gasteiger partial charge >= 0.3 is 5.97 Å². The molecule has 0 aromatic heterocycles. The Morgan fingerprint density at radius 1 is 1.22 bits per heavy atom. The largest absolute Gasteiger partial charge is 0.479 e. The van der Waals surface area contributed by atoms with Crippen molar-refractivity contribution in [3.05, 3.63) is 23.8 Å². The van der Waals surface area contributed by atoms with Crippen LogP contribution in [-0.4, -0.2) is 34.1 Å². The first-order valence-electron chi connectivity index (χ1n) is 10.2. The summed E-state index contributed by atoms with van der Waals surface area (Å²) in [5.41, 5.74) is 1.62. The normalized spacial score (nSPS) is 47.0. The van der Waals surface area contributed by atoms with Gasteiger partial charge in [0.05, 0.1) is 5.60 Å². The lowest BCUT2D eigenvalue weighted by Crippen LogP contribution is -2.53. The van der Waals surface area contributed by atoms with Crippen molar-refractivity contribution in [2.45, 2.75) is 64.9 Å². The second kappa shape index (κ2) is 6.20. The van der Waals surface area contributed by atoms with E-state index in [9.17, 15) is 9.90 Å². The summed E-state index contributed by atoms with van der Waals surface area (Å²) in [5, 5.41) is 23.7. The van der Waals surface area contributed by atoms with E-state index in [0.717, 1.165) is 32.1 Å². The summed E-state index contributed by atoms with van der Waals surface area (Å²) in [5.74, 6) is 0.843. The van der Waals surface area contributed by atoms with Gasteiger partial charge in [0.15, 0.2) is 0 Å². The molecule has 3 saturated carbocycles. The lowest BCUT2D eigenvalue weighted by molar-refractivity contribution is -0.142. The second-order valence-electron chi connectivity index (χ2n) is 9.65. The van der Waals surface area contributed by atoms with Crippen LogP contribution in [-0.2, 0) is 9.63 Å². The number of nitrogens with zero attached hydrogens (tertiary/aromatic N) is 1. The van der Waals surface area contributed by atoms with Gasteiger partial charge in [-0.15, -0.1) is 0 Å². The van der Waals surface area contributed by atoms with Crippen LogP contribution in [0, 0.1) is 28.6 Å². The molecular formula is C22H31NO4. The standard InChI is InChI=1S/C22H31NO4/c1-20-9-6-15(23-27-13-19(24)25)12-14(20)4-5-16-17(20)7-10-21(2)18(16)8-11-22(21,3)26/h6,9,12,16-18,26H,4-5,7-8,10-11,13H2,1-3H3,(H,24,25)/t16-,17-,18+,20+,21+,22+/m1/s1. The number of hydrogen-bond acceptors (Lipinski definition) is 4. The Hall–Kier alpha value is -1.62. The predicted octanol–water partition coefficient (Wildman–Crippen LogP) is 3.93. The van der Waals surface area contributed by atoms with Crippen LogP contribution in [0.15, 0.2) is 29.0 Å². The Balaban J connectivity index is 1.57. The van der Waals surface area contributed by atoms with Crippen LogP contribution in [0.5, 0.6) is 0 Å². The van der Waals surface area contributed by atoms with Crippen molar-refractivity contribution in [1.29, 1.82) is 0 Å². The van der Waals surface area contributed by atoms with Crippen LogP contribution < -0.4 is 0 Å². The third-order valence-electron chi connectivity index (χ3n) is 8.49. The van der Waals surface area contributed by atoms with Gasteiger partial charge in [0.1, 0.15) is 5.71 Å². The zero-order valence-corrected chi connectivity index (χ0v) is 16.6. The first-order valence-corrected chi connectivity index (χ1v) is 10.2. The quantitative estimate of drug-likeness (QED) is 0.735. The Morgan fingerprint density at radius 3 is 2.70 bits per heavy atom. The number of carbonyl (C=O) groups is 1. The highest BCUT2D eigenvalue weighted by Crippen LogP contribution is 2.66. The van der Waals surface area contributed by atoms with E-state index in [1.807, 2.05) is 13.0 Å². The van der Waals surface area contributed by atoms with Crippen LogP contribution in [0.4, 0.5) is 0 Å². The molecule has 0 radical (unpaired) electrons. The van der Waals surface area contributed by atoms with Gasteiger partial charge in [-0.1, -0.05) is 30.7 Å². The molecule has 0 unspecified atom stereocenters. The van der Waals surface area contributed by atoms with Crippen molar-refractivity contribution in [3.8, 4) is 0 Å². The molecule has 0 aliphatic heterocycles. The average molecular weight is 373 g/mol. The lowest BCUT2D eigenvalue weighted by atomic mass is 9.47. The molecule has 5 heteroatoms. The maximum absolute atomic E-state index is 11.0. The molecule has 27 heavy (non-hydrogen) atoms. The topological polar surface area (TPSA) is 79.1 Å². The van der Waals surface area contributed by atoms with Crippen LogP contribution >= 0.6 is 0 Å². The number of oxime groups is 1. The summed E-state index contributed by atoms with van der Waals surface area (Å²) in [6, 6.07) is 0. The molecular weight excluding hydrogens is 342 g/mol. The van der Waals surface area contributed by atoms with Crippen LogP contribution in [0.25, 0.3) is 0 Å². The summed E-state index contributed by atoms with van der Waals surface area (Å²) in [4.78, 5) is 15.5. The number of rotatable bonds is 3. The fourth-order valence-electron chi connectivity index (χ4n) is 6.67. The van der Waals surface area contributed by atoms with E-state index in [1.165, 1.54) is 12.0 Å². The Morgan fingerprint density at radius 2 is 1.96 bits per heavy atom. The number of allylic oxidation sites excluding steroid dienone is 4. The number of hydrogen-bond donors (Lipinski definition) is 2. The molecule has 4 aliphatic rings. The highest BCUT2D eigenvalue weighted by Gasteiger charge is 2.61. The average Bonchev–Trinajstić information content (AvgIpc) is 2.84. The van der Waals surface area contributed by atoms with E-state index in [4.69, 9.17) is 9.94 Å². The molecule has 3 fully saturated rings.